The average molecular weight is 238 g/mol. The number of carbonyl (C=O) groups is 2. The van der Waals surface area contributed by atoms with Crippen LogP contribution in [-0.4, -0.2) is 28.8 Å². The Labute approximate surface area is 98.6 Å². The Kier molecular flexibility index (Phi) is 4.51. The molecule has 92 valence electrons. The summed E-state index contributed by atoms with van der Waals surface area (Å²) in [5, 5.41) is 17.5. The van der Waals surface area contributed by atoms with Gasteiger partial charge in [-0.05, 0) is 30.2 Å². The molecule has 17 heavy (non-hydrogen) atoms. The van der Waals surface area contributed by atoms with Gasteiger partial charge in [0.05, 0.1) is 19.4 Å². The van der Waals surface area contributed by atoms with Crippen molar-refractivity contribution in [1.29, 1.82) is 0 Å². The number of benzene rings is 1. The van der Waals surface area contributed by atoms with Crippen LogP contribution in [-0.2, 0) is 22.4 Å². The molecule has 0 saturated heterocycles. The summed E-state index contributed by atoms with van der Waals surface area (Å²) in [7, 11) is 0. The van der Waals surface area contributed by atoms with Gasteiger partial charge in [-0.3, -0.25) is 9.59 Å². The smallest absolute Gasteiger partial charge is 0.307 e. The van der Waals surface area contributed by atoms with Gasteiger partial charge in [0.1, 0.15) is 5.75 Å². The van der Waals surface area contributed by atoms with Gasteiger partial charge in [0.15, 0.2) is 0 Å². The van der Waals surface area contributed by atoms with E-state index in [1.54, 1.807) is 18.2 Å². The predicted molar refractivity (Wildman–Crippen MR) is 60.3 cm³/mol. The molecule has 1 rings (SSSR count). The van der Waals surface area contributed by atoms with Crippen molar-refractivity contribution in [3.8, 4) is 5.75 Å². The van der Waals surface area contributed by atoms with E-state index in [1.165, 1.54) is 0 Å². The minimum Gasteiger partial charge on any atom is -0.494 e. The molecule has 2 N–H and O–H groups in total. The fourth-order valence-corrected chi connectivity index (χ4v) is 1.52. The molecular weight excluding hydrogens is 224 g/mol. The molecule has 0 spiro atoms. The van der Waals surface area contributed by atoms with Crippen molar-refractivity contribution < 1.29 is 24.5 Å². The van der Waals surface area contributed by atoms with Crippen LogP contribution in [0.5, 0.6) is 5.75 Å². The van der Waals surface area contributed by atoms with Crippen LogP contribution in [0.3, 0.4) is 0 Å². The zero-order valence-electron chi connectivity index (χ0n) is 9.47. The zero-order chi connectivity index (χ0) is 12.8. The molecule has 0 fully saturated rings. The lowest BCUT2D eigenvalue weighted by atomic mass is 10.0. The van der Waals surface area contributed by atoms with Gasteiger partial charge in [0, 0.05) is 0 Å². The SMILES string of the molecule is CCOc1ccc(CC(=O)O)c(CC(=O)O)c1. The number of rotatable bonds is 6. The number of aliphatic carboxylic acids is 2. The van der Waals surface area contributed by atoms with Gasteiger partial charge in [-0.15, -0.1) is 0 Å². The molecule has 0 aliphatic carbocycles. The molecule has 0 aliphatic rings. The van der Waals surface area contributed by atoms with Gasteiger partial charge in [0.2, 0.25) is 0 Å². The molecule has 0 unspecified atom stereocenters. The van der Waals surface area contributed by atoms with E-state index < -0.39 is 11.9 Å². The summed E-state index contributed by atoms with van der Waals surface area (Å²) in [5.41, 5.74) is 0.981. The van der Waals surface area contributed by atoms with Crippen molar-refractivity contribution in [3.05, 3.63) is 29.3 Å². The fourth-order valence-electron chi connectivity index (χ4n) is 1.52. The molecule has 0 aromatic heterocycles. The van der Waals surface area contributed by atoms with Gasteiger partial charge in [0.25, 0.3) is 0 Å². The molecule has 1 aromatic carbocycles. The number of hydrogen-bond acceptors (Lipinski definition) is 3. The molecular formula is C12H14O5. The molecule has 0 heterocycles. The summed E-state index contributed by atoms with van der Waals surface area (Å²) < 4.78 is 5.25. The largest absolute Gasteiger partial charge is 0.494 e. The van der Waals surface area contributed by atoms with Crippen LogP contribution in [0.4, 0.5) is 0 Å². The Bertz CT molecular complexity index is 425. The van der Waals surface area contributed by atoms with Crippen molar-refractivity contribution in [2.45, 2.75) is 19.8 Å². The normalized spacial score (nSPS) is 9.94. The number of hydrogen-bond donors (Lipinski definition) is 2. The van der Waals surface area contributed by atoms with E-state index >= 15 is 0 Å². The third kappa shape index (κ3) is 4.14. The van der Waals surface area contributed by atoms with Crippen LogP contribution in [0.2, 0.25) is 0 Å². The molecule has 1 aromatic rings. The molecule has 0 aliphatic heterocycles. The second kappa shape index (κ2) is 5.89. The Balaban J connectivity index is 3.02. The first kappa shape index (κ1) is 13.0. The highest BCUT2D eigenvalue weighted by molar-refractivity contribution is 5.74. The van der Waals surface area contributed by atoms with E-state index in [1.807, 2.05) is 6.92 Å². The number of ether oxygens (including phenoxy) is 1. The van der Waals surface area contributed by atoms with Gasteiger partial charge in [-0.1, -0.05) is 6.07 Å². The highest BCUT2D eigenvalue weighted by Crippen LogP contribution is 2.19. The molecule has 0 atom stereocenters. The summed E-state index contributed by atoms with van der Waals surface area (Å²) in [4.78, 5) is 21.3. The van der Waals surface area contributed by atoms with Crippen LogP contribution in [0.1, 0.15) is 18.1 Å². The average Bonchev–Trinajstić information content (AvgIpc) is 2.21. The quantitative estimate of drug-likeness (QED) is 0.781. The summed E-state index contributed by atoms with van der Waals surface area (Å²) in [5.74, 6) is -1.43. The van der Waals surface area contributed by atoms with E-state index in [2.05, 4.69) is 0 Å². The zero-order valence-corrected chi connectivity index (χ0v) is 9.47. The molecule has 0 amide bonds. The van der Waals surface area contributed by atoms with E-state index in [4.69, 9.17) is 14.9 Å². The van der Waals surface area contributed by atoms with Crippen LogP contribution in [0.25, 0.3) is 0 Å². The van der Waals surface area contributed by atoms with Crippen molar-refractivity contribution in [1.82, 2.24) is 0 Å². The van der Waals surface area contributed by atoms with Crippen LogP contribution in [0.15, 0.2) is 18.2 Å². The molecule has 0 radical (unpaired) electrons. The topological polar surface area (TPSA) is 83.8 Å². The first-order valence-corrected chi connectivity index (χ1v) is 5.21. The molecule has 5 heteroatoms. The molecule has 5 nitrogen and oxygen atoms in total. The highest BCUT2D eigenvalue weighted by Gasteiger charge is 2.11. The van der Waals surface area contributed by atoms with Gasteiger partial charge >= 0.3 is 11.9 Å². The maximum absolute atomic E-state index is 10.7. The van der Waals surface area contributed by atoms with Gasteiger partial charge < -0.3 is 14.9 Å². The van der Waals surface area contributed by atoms with Crippen molar-refractivity contribution in [2.75, 3.05) is 6.61 Å². The van der Waals surface area contributed by atoms with Crippen molar-refractivity contribution in [3.63, 3.8) is 0 Å². The lowest BCUT2D eigenvalue weighted by Gasteiger charge is -2.09. The maximum Gasteiger partial charge on any atom is 0.307 e. The number of carboxylic acid groups (broad SMARTS) is 2. The lowest BCUT2D eigenvalue weighted by Crippen LogP contribution is -2.08. The minimum atomic E-state index is -0.995. The second-order valence-electron chi connectivity index (χ2n) is 3.50. The minimum absolute atomic E-state index is 0.185. The third-order valence-electron chi connectivity index (χ3n) is 2.17. The predicted octanol–water partition coefficient (Wildman–Crippen LogP) is 1.34. The first-order chi connectivity index (χ1) is 8.02. The van der Waals surface area contributed by atoms with Gasteiger partial charge in [-0.2, -0.15) is 0 Å². The Morgan fingerprint density at radius 2 is 1.71 bits per heavy atom. The van der Waals surface area contributed by atoms with Crippen molar-refractivity contribution >= 4 is 11.9 Å². The summed E-state index contributed by atoms with van der Waals surface area (Å²) in [6.45, 7) is 2.30. The van der Waals surface area contributed by atoms with Gasteiger partial charge in [-0.25, -0.2) is 0 Å². The van der Waals surface area contributed by atoms with E-state index in [9.17, 15) is 9.59 Å². The highest BCUT2D eigenvalue weighted by atomic mass is 16.5. The summed E-state index contributed by atoms with van der Waals surface area (Å²) in [6, 6.07) is 4.82. The fraction of sp³-hybridized carbons (Fsp3) is 0.333. The Morgan fingerprint density at radius 1 is 1.12 bits per heavy atom. The van der Waals surface area contributed by atoms with Crippen LogP contribution in [0, 0.1) is 0 Å². The van der Waals surface area contributed by atoms with Crippen LogP contribution >= 0.6 is 0 Å². The monoisotopic (exact) mass is 238 g/mol. The summed E-state index contributed by atoms with van der Waals surface area (Å²) in [6.07, 6.45) is -0.390. The first-order valence-electron chi connectivity index (χ1n) is 5.21. The molecule has 0 bridgehead atoms. The molecule has 0 saturated carbocycles. The Morgan fingerprint density at radius 3 is 2.24 bits per heavy atom. The summed E-state index contributed by atoms with van der Waals surface area (Å²) >= 11 is 0. The van der Waals surface area contributed by atoms with E-state index in [0.717, 1.165) is 0 Å². The van der Waals surface area contributed by atoms with E-state index in [0.29, 0.717) is 23.5 Å². The maximum atomic E-state index is 10.7. The standard InChI is InChI=1S/C12H14O5/c1-2-17-10-4-3-8(6-11(13)14)9(5-10)7-12(15)16/h3-5H,2,6-7H2,1H3,(H,13,14)(H,15,16). The number of carboxylic acids is 2. The van der Waals surface area contributed by atoms with Crippen molar-refractivity contribution in [2.24, 2.45) is 0 Å². The van der Waals surface area contributed by atoms with Crippen LogP contribution < -0.4 is 4.74 Å². The Hall–Kier alpha value is -2.04. The second-order valence-corrected chi connectivity index (χ2v) is 3.50. The lowest BCUT2D eigenvalue weighted by molar-refractivity contribution is -0.137. The third-order valence-corrected chi connectivity index (χ3v) is 2.17. The van der Waals surface area contributed by atoms with E-state index in [-0.39, 0.29) is 12.8 Å².